The molecule has 8 aromatic rings. The topological polar surface area (TPSA) is 67.9 Å². The van der Waals surface area contributed by atoms with Crippen molar-refractivity contribution in [2.75, 3.05) is 9.80 Å². The van der Waals surface area contributed by atoms with E-state index >= 15 is 0 Å². The molecule has 0 aliphatic heterocycles. The number of benzene rings is 4. The SMILES string of the molecule is CC(C)(c1cccc(-n2[c-]cc(N(c3ccccc3)c3ccccc3)n2)n1)c1cccc(-n2[c-]cc(N(c3ccccc3)c3ccccc3)n2)n1.[Pt+2]. The van der Waals surface area contributed by atoms with Crippen molar-refractivity contribution in [3.63, 3.8) is 0 Å². The largest absolute Gasteiger partial charge is 2.00 e. The van der Waals surface area contributed by atoms with Gasteiger partial charge in [0.05, 0.1) is 23.3 Å². The summed E-state index contributed by atoms with van der Waals surface area (Å²) in [6.45, 7) is 4.25. The first-order chi connectivity index (χ1) is 25.0. The van der Waals surface area contributed by atoms with Gasteiger partial charge in [-0.3, -0.25) is 9.97 Å². The molecule has 0 fully saturated rings. The summed E-state index contributed by atoms with van der Waals surface area (Å²) >= 11 is 0. The first-order valence-electron chi connectivity index (χ1n) is 16.8. The van der Waals surface area contributed by atoms with Crippen LogP contribution in [-0.4, -0.2) is 29.5 Å². The summed E-state index contributed by atoms with van der Waals surface area (Å²) in [5, 5.41) is 9.87. The third-order valence-electron chi connectivity index (χ3n) is 8.74. The van der Waals surface area contributed by atoms with Crippen LogP contribution in [0.15, 0.2) is 170 Å². The standard InChI is InChI=1S/C43H34N8.Pt/c1-43(2,37-25-15-27-39(44-37)48-31-29-41(46-48)50(33-17-7-3-8-18-33)34-19-9-4-10-20-34)38-26-16-28-40(45-38)49-32-30-42(47-49)51(35-21-11-5-12-22-35)36-23-13-6-14-24-36;/h3-30H,1-2H3;/q-2;+2. The molecule has 0 saturated carbocycles. The van der Waals surface area contributed by atoms with E-state index in [0.29, 0.717) is 11.6 Å². The van der Waals surface area contributed by atoms with E-state index in [-0.39, 0.29) is 21.1 Å². The van der Waals surface area contributed by atoms with Crippen LogP contribution in [0.25, 0.3) is 11.6 Å². The molecule has 0 radical (unpaired) electrons. The second-order valence-electron chi connectivity index (χ2n) is 12.5. The molecule has 0 atom stereocenters. The Balaban J connectivity index is 0.00000420. The first kappa shape index (κ1) is 34.3. The minimum atomic E-state index is -0.543. The van der Waals surface area contributed by atoms with Crippen molar-refractivity contribution in [1.29, 1.82) is 0 Å². The molecule has 0 saturated heterocycles. The summed E-state index contributed by atoms with van der Waals surface area (Å²) in [7, 11) is 0. The van der Waals surface area contributed by atoms with Crippen LogP contribution in [0.2, 0.25) is 0 Å². The second-order valence-corrected chi connectivity index (χ2v) is 12.5. The summed E-state index contributed by atoms with van der Waals surface area (Å²) in [5.74, 6) is 2.80. The van der Waals surface area contributed by atoms with Gasteiger partial charge in [0.2, 0.25) is 0 Å². The van der Waals surface area contributed by atoms with Crippen molar-refractivity contribution in [2.45, 2.75) is 19.3 Å². The molecule has 4 heterocycles. The van der Waals surface area contributed by atoms with Crippen molar-refractivity contribution >= 4 is 34.4 Å². The van der Waals surface area contributed by atoms with E-state index in [4.69, 9.17) is 20.2 Å². The number of rotatable bonds is 10. The Morgan fingerprint density at radius 3 is 1.10 bits per heavy atom. The summed E-state index contributed by atoms with van der Waals surface area (Å²) < 4.78 is 3.40. The molecule has 0 amide bonds. The average Bonchev–Trinajstić information content (AvgIpc) is 3.88. The second kappa shape index (κ2) is 15.0. The number of para-hydroxylation sites is 4. The molecule has 256 valence electrons. The quantitative estimate of drug-likeness (QED) is 0.128. The summed E-state index contributed by atoms with van der Waals surface area (Å²) in [4.78, 5) is 14.4. The van der Waals surface area contributed by atoms with E-state index in [2.05, 4.69) is 84.6 Å². The normalized spacial score (nSPS) is 11.1. The number of pyridine rings is 2. The van der Waals surface area contributed by atoms with Crippen molar-refractivity contribution in [2.24, 2.45) is 0 Å². The van der Waals surface area contributed by atoms with Gasteiger partial charge in [0, 0.05) is 39.6 Å². The van der Waals surface area contributed by atoms with Gasteiger partial charge in [0.25, 0.3) is 0 Å². The van der Waals surface area contributed by atoms with Gasteiger partial charge < -0.3 is 19.2 Å². The van der Waals surface area contributed by atoms with Gasteiger partial charge in [-0.25, -0.2) is 10.2 Å². The van der Waals surface area contributed by atoms with Crippen LogP contribution in [0.4, 0.5) is 34.4 Å². The minimum Gasteiger partial charge on any atom is -0.347 e. The van der Waals surface area contributed by atoms with Crippen LogP contribution in [0.3, 0.4) is 0 Å². The van der Waals surface area contributed by atoms with Gasteiger partial charge in [0.1, 0.15) is 0 Å². The molecular formula is C43H34N8Pt. The fourth-order valence-corrected chi connectivity index (χ4v) is 6.06. The molecule has 52 heavy (non-hydrogen) atoms. The molecule has 4 aromatic heterocycles. The maximum absolute atomic E-state index is 5.08. The smallest absolute Gasteiger partial charge is 0.347 e. The Bertz CT molecular complexity index is 2110. The molecule has 4 aromatic carbocycles. The van der Waals surface area contributed by atoms with Gasteiger partial charge in [0.15, 0.2) is 0 Å². The van der Waals surface area contributed by atoms with Crippen LogP contribution in [-0.2, 0) is 26.5 Å². The van der Waals surface area contributed by atoms with Crippen molar-refractivity contribution in [1.82, 2.24) is 29.5 Å². The molecule has 0 bridgehead atoms. The van der Waals surface area contributed by atoms with Crippen molar-refractivity contribution in [3.05, 3.63) is 194 Å². The van der Waals surface area contributed by atoms with Crippen LogP contribution in [0.1, 0.15) is 25.2 Å². The fraction of sp³-hybridized carbons (Fsp3) is 0.0698. The maximum Gasteiger partial charge on any atom is 2.00 e. The van der Waals surface area contributed by atoms with Crippen molar-refractivity contribution < 1.29 is 21.1 Å². The van der Waals surface area contributed by atoms with Crippen molar-refractivity contribution in [3.8, 4) is 11.6 Å². The molecular weight excluding hydrogens is 824 g/mol. The predicted molar refractivity (Wildman–Crippen MR) is 202 cm³/mol. The molecule has 0 unspecified atom stereocenters. The Morgan fingerprint density at radius 1 is 0.442 bits per heavy atom. The molecule has 0 aliphatic carbocycles. The zero-order valence-electron chi connectivity index (χ0n) is 28.6. The Labute approximate surface area is 317 Å². The maximum atomic E-state index is 5.08. The molecule has 0 N–H and O–H groups in total. The third kappa shape index (κ3) is 6.94. The number of hydrogen-bond acceptors (Lipinski definition) is 6. The molecule has 0 aliphatic rings. The summed E-state index contributed by atoms with van der Waals surface area (Å²) in [6.07, 6.45) is 6.58. The number of aromatic nitrogens is 6. The minimum absolute atomic E-state index is 0. The van der Waals surface area contributed by atoms with Gasteiger partial charge in [-0.05, 0) is 74.5 Å². The Morgan fingerprint density at radius 2 is 0.769 bits per heavy atom. The van der Waals surface area contributed by atoms with E-state index in [1.165, 1.54) is 0 Å². The number of nitrogens with zero attached hydrogens (tertiary/aromatic N) is 8. The number of hydrogen-bond donors (Lipinski definition) is 0. The van der Waals surface area contributed by atoms with Gasteiger partial charge >= 0.3 is 21.1 Å². The zero-order chi connectivity index (χ0) is 34.6. The molecule has 9 heteroatoms. The first-order valence-corrected chi connectivity index (χ1v) is 16.8. The van der Waals surface area contributed by atoms with Crippen LogP contribution in [0, 0.1) is 12.4 Å². The van der Waals surface area contributed by atoms with Crippen LogP contribution < -0.4 is 9.80 Å². The van der Waals surface area contributed by atoms with E-state index in [9.17, 15) is 0 Å². The van der Waals surface area contributed by atoms with Gasteiger partial charge in [-0.2, -0.15) is 0 Å². The summed E-state index contributed by atoms with van der Waals surface area (Å²) in [5.41, 5.74) is 5.18. The molecule has 0 spiro atoms. The molecule has 8 rings (SSSR count). The van der Waals surface area contributed by atoms with Gasteiger partial charge in [-0.15, -0.1) is 12.1 Å². The molecule has 8 nitrogen and oxygen atoms in total. The van der Waals surface area contributed by atoms with E-state index in [1.807, 2.05) is 121 Å². The Hall–Kier alpha value is -6.11. The number of anilines is 6. The zero-order valence-corrected chi connectivity index (χ0v) is 30.8. The van der Waals surface area contributed by atoms with Gasteiger partial charge in [-0.1, -0.05) is 109 Å². The van der Waals surface area contributed by atoms with E-state index in [0.717, 1.165) is 45.8 Å². The monoisotopic (exact) mass is 857 g/mol. The third-order valence-corrected chi connectivity index (χ3v) is 8.74. The predicted octanol–water partition coefficient (Wildman–Crippen LogP) is 9.71. The van der Waals surface area contributed by atoms with Crippen LogP contribution >= 0.6 is 0 Å². The fourth-order valence-electron chi connectivity index (χ4n) is 6.06. The summed E-state index contributed by atoms with van der Waals surface area (Å²) in [6, 6.07) is 56.5. The average molecular weight is 858 g/mol. The van der Waals surface area contributed by atoms with E-state index in [1.54, 1.807) is 9.36 Å². The Kier molecular flexibility index (Phi) is 9.92. The van der Waals surface area contributed by atoms with Crippen LogP contribution in [0.5, 0.6) is 0 Å². The van der Waals surface area contributed by atoms with E-state index < -0.39 is 5.41 Å².